The highest BCUT2D eigenvalue weighted by Crippen LogP contribution is 2.37. The van der Waals surface area contributed by atoms with Crippen molar-refractivity contribution in [3.8, 4) is 22.4 Å². The van der Waals surface area contributed by atoms with Gasteiger partial charge in [-0.2, -0.15) is 0 Å². The monoisotopic (exact) mass is 480 g/mol. The second-order valence-electron chi connectivity index (χ2n) is 9.26. The van der Waals surface area contributed by atoms with E-state index < -0.39 is 0 Å². The van der Waals surface area contributed by atoms with E-state index in [1.807, 2.05) is 42.5 Å². The molecule has 6 rings (SSSR count). The van der Waals surface area contributed by atoms with Crippen molar-refractivity contribution in [2.75, 3.05) is 23.3 Å². The predicted octanol–water partition coefficient (Wildman–Crippen LogP) is 6.22. The Morgan fingerprint density at radius 3 is 2.57 bits per heavy atom. The molecule has 1 aliphatic heterocycles. The van der Waals surface area contributed by atoms with Gasteiger partial charge in [0.15, 0.2) is 5.82 Å². The molecule has 1 aliphatic carbocycles. The number of carbonyl (C=O) groups excluding carboxylic acids is 1. The molecule has 0 spiro atoms. The Kier molecular flexibility index (Phi) is 5.71. The molecule has 1 saturated heterocycles. The lowest BCUT2D eigenvalue weighted by Crippen LogP contribution is -2.41. The van der Waals surface area contributed by atoms with E-state index in [4.69, 9.17) is 11.6 Å². The van der Waals surface area contributed by atoms with Gasteiger partial charge >= 0.3 is 0 Å². The molecule has 4 aromatic rings. The molecule has 1 fully saturated rings. The minimum Gasteiger partial charge on any atom is -0.354 e. The van der Waals surface area contributed by atoms with Gasteiger partial charge in [-0.3, -0.25) is 4.79 Å². The van der Waals surface area contributed by atoms with E-state index in [-0.39, 0.29) is 11.8 Å². The van der Waals surface area contributed by atoms with Crippen molar-refractivity contribution in [3.05, 3.63) is 95.0 Å². The number of hydrogen-bond donors (Lipinski definition) is 1. The average Bonchev–Trinajstić information content (AvgIpc) is 3.27. The predicted molar refractivity (Wildman–Crippen MR) is 141 cm³/mol. The number of nitrogens with one attached hydrogen (secondary N) is 1. The molecule has 6 heteroatoms. The zero-order valence-electron chi connectivity index (χ0n) is 19.2. The third-order valence-electron chi connectivity index (χ3n) is 6.97. The van der Waals surface area contributed by atoms with Crippen LogP contribution in [0, 0.1) is 5.92 Å². The Balaban J connectivity index is 1.12. The molecule has 1 amide bonds. The van der Waals surface area contributed by atoms with Gasteiger partial charge in [-0.05, 0) is 77.9 Å². The van der Waals surface area contributed by atoms with Crippen LogP contribution in [-0.2, 0) is 11.2 Å². The molecule has 35 heavy (non-hydrogen) atoms. The van der Waals surface area contributed by atoms with Gasteiger partial charge < -0.3 is 10.2 Å². The molecule has 0 saturated carbocycles. The number of anilines is 2. The van der Waals surface area contributed by atoms with Crippen LogP contribution in [0.15, 0.2) is 78.9 Å². The summed E-state index contributed by atoms with van der Waals surface area (Å²) in [6.07, 6.45) is 2.73. The summed E-state index contributed by atoms with van der Waals surface area (Å²) >= 11 is 5.98. The number of fused-ring (bicyclic) bond motifs is 3. The van der Waals surface area contributed by atoms with Crippen LogP contribution < -0.4 is 10.2 Å². The first-order valence-electron chi connectivity index (χ1n) is 12.0. The van der Waals surface area contributed by atoms with Crippen LogP contribution in [0.3, 0.4) is 0 Å². The number of carbonyl (C=O) groups is 1. The normalized spacial score (nSPS) is 16.5. The van der Waals surface area contributed by atoms with E-state index in [9.17, 15) is 4.79 Å². The quantitative estimate of drug-likeness (QED) is 0.331. The maximum Gasteiger partial charge on any atom is 0.229 e. The molecule has 174 valence electrons. The molecule has 0 radical (unpaired) electrons. The van der Waals surface area contributed by atoms with E-state index in [1.165, 1.54) is 22.3 Å². The summed E-state index contributed by atoms with van der Waals surface area (Å²) in [7, 11) is 0. The smallest absolute Gasteiger partial charge is 0.229 e. The molecule has 1 aromatic heterocycles. The van der Waals surface area contributed by atoms with Crippen LogP contribution in [0.2, 0.25) is 5.02 Å². The van der Waals surface area contributed by atoms with Gasteiger partial charge in [0.05, 0.1) is 11.6 Å². The van der Waals surface area contributed by atoms with Crippen molar-refractivity contribution >= 4 is 29.0 Å². The van der Waals surface area contributed by atoms with Crippen LogP contribution in [0.4, 0.5) is 11.5 Å². The SMILES string of the molecule is O=C(Nc1ccc2c(c1)Cc1ccccc1-2)C1CCCN(c2ccc(-c3ccc(Cl)cc3)nn2)C1. The first-order valence-corrected chi connectivity index (χ1v) is 12.4. The fourth-order valence-electron chi connectivity index (χ4n) is 5.13. The van der Waals surface area contributed by atoms with Crippen molar-refractivity contribution in [2.24, 2.45) is 5.92 Å². The summed E-state index contributed by atoms with van der Waals surface area (Å²) in [4.78, 5) is 15.3. The molecule has 3 aromatic carbocycles. The van der Waals surface area contributed by atoms with Crippen molar-refractivity contribution in [1.29, 1.82) is 0 Å². The minimum absolute atomic E-state index is 0.0657. The Bertz CT molecular complexity index is 1380. The van der Waals surface area contributed by atoms with Crippen LogP contribution in [0.5, 0.6) is 0 Å². The van der Waals surface area contributed by atoms with Crippen molar-refractivity contribution < 1.29 is 4.79 Å². The summed E-state index contributed by atoms with van der Waals surface area (Å²) in [5, 5.41) is 12.7. The Hall–Kier alpha value is -3.70. The lowest BCUT2D eigenvalue weighted by molar-refractivity contribution is -0.120. The largest absolute Gasteiger partial charge is 0.354 e. The highest BCUT2D eigenvalue weighted by atomic mass is 35.5. The number of benzene rings is 3. The third kappa shape index (κ3) is 4.40. The second kappa shape index (κ2) is 9.16. The number of piperidine rings is 1. The lowest BCUT2D eigenvalue weighted by atomic mass is 9.96. The van der Waals surface area contributed by atoms with Crippen LogP contribution in [0.1, 0.15) is 24.0 Å². The highest BCUT2D eigenvalue weighted by molar-refractivity contribution is 6.30. The van der Waals surface area contributed by atoms with Crippen LogP contribution in [-0.4, -0.2) is 29.2 Å². The van der Waals surface area contributed by atoms with Gasteiger partial charge in [-0.25, -0.2) is 0 Å². The van der Waals surface area contributed by atoms with Crippen LogP contribution >= 0.6 is 11.6 Å². The number of rotatable bonds is 4. The van der Waals surface area contributed by atoms with Crippen molar-refractivity contribution in [1.82, 2.24) is 10.2 Å². The number of aromatic nitrogens is 2. The topological polar surface area (TPSA) is 58.1 Å². The van der Waals surface area contributed by atoms with Gasteiger partial charge in [-0.1, -0.05) is 54.1 Å². The Labute approximate surface area is 209 Å². The Morgan fingerprint density at radius 2 is 1.74 bits per heavy atom. The fourth-order valence-corrected chi connectivity index (χ4v) is 5.26. The standard InChI is InChI=1S/C29H25ClN4O/c30-23-9-7-19(8-10-23)27-13-14-28(33-32-27)34-15-3-5-21(18-34)29(35)31-24-11-12-26-22(17-24)16-20-4-1-2-6-25(20)26/h1-2,4,6-14,17,21H,3,5,15-16,18H2,(H,31,35). The fraction of sp³-hybridized carbons (Fsp3) is 0.207. The number of hydrogen-bond acceptors (Lipinski definition) is 4. The van der Waals surface area contributed by atoms with Crippen LogP contribution in [0.25, 0.3) is 22.4 Å². The average molecular weight is 481 g/mol. The first-order chi connectivity index (χ1) is 17.1. The number of nitrogens with zero attached hydrogens (tertiary/aromatic N) is 3. The zero-order chi connectivity index (χ0) is 23.8. The minimum atomic E-state index is -0.0908. The summed E-state index contributed by atoms with van der Waals surface area (Å²) in [6, 6.07) is 26.3. The summed E-state index contributed by atoms with van der Waals surface area (Å²) in [5.74, 6) is 0.776. The van der Waals surface area contributed by atoms with Gasteiger partial charge in [0.25, 0.3) is 0 Å². The van der Waals surface area contributed by atoms with E-state index in [2.05, 4.69) is 56.8 Å². The van der Waals surface area contributed by atoms with Gasteiger partial charge in [0.1, 0.15) is 0 Å². The number of amides is 1. The van der Waals surface area contributed by atoms with Gasteiger partial charge in [0.2, 0.25) is 5.91 Å². The molecule has 5 nitrogen and oxygen atoms in total. The molecule has 1 unspecified atom stereocenters. The summed E-state index contributed by atoms with van der Waals surface area (Å²) < 4.78 is 0. The van der Waals surface area contributed by atoms with Gasteiger partial charge in [-0.15, -0.1) is 10.2 Å². The van der Waals surface area contributed by atoms with Gasteiger partial charge in [0, 0.05) is 29.4 Å². The summed E-state index contributed by atoms with van der Waals surface area (Å²) in [5.41, 5.74) is 7.82. The molecule has 2 heterocycles. The highest BCUT2D eigenvalue weighted by Gasteiger charge is 2.27. The zero-order valence-corrected chi connectivity index (χ0v) is 20.0. The first kappa shape index (κ1) is 21.8. The van der Waals surface area contributed by atoms with Crippen molar-refractivity contribution in [3.63, 3.8) is 0 Å². The Morgan fingerprint density at radius 1 is 0.914 bits per heavy atom. The maximum absolute atomic E-state index is 13.1. The van der Waals surface area contributed by atoms with E-state index >= 15 is 0 Å². The molecular formula is C29H25ClN4O. The molecule has 0 bridgehead atoms. The molecule has 1 atom stereocenters. The van der Waals surface area contributed by atoms with E-state index in [1.54, 1.807) is 0 Å². The second-order valence-corrected chi connectivity index (χ2v) is 9.70. The number of halogens is 1. The summed E-state index contributed by atoms with van der Waals surface area (Å²) in [6.45, 7) is 1.51. The molecule has 2 aliphatic rings. The van der Waals surface area contributed by atoms with E-state index in [0.29, 0.717) is 11.6 Å². The third-order valence-corrected chi connectivity index (χ3v) is 7.22. The lowest BCUT2D eigenvalue weighted by Gasteiger charge is -2.32. The maximum atomic E-state index is 13.1. The van der Waals surface area contributed by atoms with Crippen molar-refractivity contribution in [2.45, 2.75) is 19.3 Å². The molecule has 1 N–H and O–H groups in total. The van der Waals surface area contributed by atoms with E-state index in [0.717, 1.165) is 48.6 Å². The molecular weight excluding hydrogens is 456 g/mol.